The Balaban J connectivity index is 1.95. The van der Waals surface area contributed by atoms with Crippen LogP contribution in [0.1, 0.15) is 46.0 Å². The molecule has 0 bridgehead atoms. The molecule has 1 heteroatoms. The first-order chi connectivity index (χ1) is 8.81. The monoisotopic (exact) mass is 318 g/mol. The van der Waals surface area contributed by atoms with Crippen molar-refractivity contribution in [2.45, 2.75) is 53.2 Å². The van der Waals surface area contributed by atoms with Crippen LogP contribution in [0.3, 0.4) is 0 Å². The molecule has 2 unspecified atom stereocenters. The van der Waals surface area contributed by atoms with Gasteiger partial charge in [0.1, 0.15) is 0 Å². The van der Waals surface area contributed by atoms with Crippen molar-refractivity contribution in [2.24, 2.45) is 0 Å². The molecule has 2 atom stereocenters. The summed E-state index contributed by atoms with van der Waals surface area (Å²) in [6.07, 6.45) is 21.4. The van der Waals surface area contributed by atoms with E-state index in [4.69, 9.17) is 0 Å². The van der Waals surface area contributed by atoms with Crippen LogP contribution in [0.15, 0.2) is 43.0 Å². The van der Waals surface area contributed by atoms with E-state index in [0.29, 0.717) is 0 Å². The third-order valence-electron chi connectivity index (χ3n) is 5.32. The molecular formula is C17H24Zr. The second kappa shape index (κ2) is 5.08. The van der Waals surface area contributed by atoms with Gasteiger partial charge in [0, 0.05) is 0 Å². The fourth-order valence-corrected chi connectivity index (χ4v) is 23.1. The second-order valence-corrected chi connectivity index (χ2v) is 17.5. The number of hydrogen-bond acceptors (Lipinski definition) is 0. The zero-order valence-corrected chi connectivity index (χ0v) is 14.1. The zero-order chi connectivity index (χ0) is 12.6. The van der Waals surface area contributed by atoms with E-state index in [0.717, 1.165) is 7.25 Å². The number of allylic oxidation sites excluding steroid dienone is 8. The minimum atomic E-state index is -2.12. The maximum absolute atomic E-state index is 2.49. The van der Waals surface area contributed by atoms with E-state index in [1.807, 2.05) is 6.56 Å². The molecule has 2 aliphatic carbocycles. The van der Waals surface area contributed by atoms with E-state index >= 15 is 0 Å². The Morgan fingerprint density at radius 3 is 2.56 bits per heavy atom. The summed E-state index contributed by atoms with van der Waals surface area (Å²) < 4.78 is 6.02. The van der Waals surface area contributed by atoms with Crippen molar-refractivity contribution in [3.8, 4) is 0 Å². The SMILES string of the molecule is CC=CC=[C](C)[Zr]1([C]2=CC=CC2)[CH]2CCCC[CH]21. The van der Waals surface area contributed by atoms with Gasteiger partial charge in [0.05, 0.1) is 0 Å². The number of hydrogen-bond donors (Lipinski definition) is 0. The van der Waals surface area contributed by atoms with Gasteiger partial charge in [-0.2, -0.15) is 0 Å². The van der Waals surface area contributed by atoms with E-state index in [-0.39, 0.29) is 0 Å². The Morgan fingerprint density at radius 2 is 2.00 bits per heavy atom. The predicted octanol–water partition coefficient (Wildman–Crippen LogP) is 5.63. The van der Waals surface area contributed by atoms with E-state index < -0.39 is 20.3 Å². The molecule has 0 nitrogen and oxygen atoms in total. The zero-order valence-electron chi connectivity index (χ0n) is 11.7. The van der Waals surface area contributed by atoms with Gasteiger partial charge in [-0.15, -0.1) is 0 Å². The van der Waals surface area contributed by atoms with Crippen LogP contribution in [0.2, 0.25) is 7.25 Å². The molecule has 1 heterocycles. The average molecular weight is 320 g/mol. The topological polar surface area (TPSA) is 0 Å². The summed E-state index contributed by atoms with van der Waals surface area (Å²) >= 11 is -2.12. The van der Waals surface area contributed by atoms with Gasteiger partial charge < -0.3 is 0 Å². The molecule has 0 aromatic rings. The molecule has 3 rings (SSSR count). The number of rotatable bonds is 3. The van der Waals surface area contributed by atoms with E-state index in [9.17, 15) is 0 Å². The van der Waals surface area contributed by atoms with Crippen molar-refractivity contribution >= 4 is 0 Å². The van der Waals surface area contributed by atoms with Gasteiger partial charge in [-0.05, 0) is 0 Å². The molecule has 0 N–H and O–H groups in total. The molecule has 1 saturated heterocycles. The van der Waals surface area contributed by atoms with Gasteiger partial charge in [-0.1, -0.05) is 0 Å². The molecule has 0 amide bonds. The van der Waals surface area contributed by atoms with Crippen molar-refractivity contribution in [2.75, 3.05) is 0 Å². The molecule has 2 fully saturated rings. The van der Waals surface area contributed by atoms with Gasteiger partial charge >= 0.3 is 116 Å². The average Bonchev–Trinajstić information content (AvgIpc) is 2.80. The Morgan fingerprint density at radius 1 is 1.28 bits per heavy atom. The first-order valence-corrected chi connectivity index (χ1v) is 12.8. The van der Waals surface area contributed by atoms with Crippen molar-refractivity contribution in [3.63, 3.8) is 0 Å². The molecule has 1 aliphatic heterocycles. The van der Waals surface area contributed by atoms with Crippen LogP contribution in [0.4, 0.5) is 0 Å². The van der Waals surface area contributed by atoms with Crippen LogP contribution in [0.25, 0.3) is 0 Å². The molecular weight excluding hydrogens is 295 g/mol. The van der Waals surface area contributed by atoms with Gasteiger partial charge in [0.2, 0.25) is 0 Å². The summed E-state index contributed by atoms with van der Waals surface area (Å²) in [4.78, 5) is 0. The van der Waals surface area contributed by atoms with Gasteiger partial charge in [-0.25, -0.2) is 0 Å². The van der Waals surface area contributed by atoms with E-state index in [1.54, 1.807) is 12.8 Å². The summed E-state index contributed by atoms with van der Waals surface area (Å²) in [6.45, 7) is 4.58. The summed E-state index contributed by atoms with van der Waals surface area (Å²) in [5.41, 5.74) is 0. The van der Waals surface area contributed by atoms with Gasteiger partial charge in [0.25, 0.3) is 0 Å². The third kappa shape index (κ3) is 1.82. The molecule has 0 spiro atoms. The first kappa shape index (κ1) is 12.9. The molecule has 18 heavy (non-hydrogen) atoms. The third-order valence-corrected chi connectivity index (χ3v) is 20.7. The summed E-state index contributed by atoms with van der Waals surface area (Å²) in [5.74, 6) is 0. The minimum absolute atomic E-state index is 1.15. The van der Waals surface area contributed by atoms with Crippen LogP contribution in [0.5, 0.6) is 0 Å². The molecule has 0 aromatic carbocycles. The second-order valence-electron chi connectivity index (χ2n) is 6.07. The molecule has 0 radical (unpaired) electrons. The normalized spacial score (nSPS) is 39.0. The van der Waals surface area contributed by atoms with E-state index in [2.05, 4.69) is 50.3 Å². The maximum atomic E-state index is 2.49. The van der Waals surface area contributed by atoms with Crippen molar-refractivity contribution < 1.29 is 20.3 Å². The summed E-state index contributed by atoms with van der Waals surface area (Å²) in [6, 6.07) is 0. The van der Waals surface area contributed by atoms with Crippen LogP contribution in [0, 0.1) is 0 Å². The summed E-state index contributed by atoms with van der Waals surface area (Å²) in [5, 5.41) is 0. The standard InChI is InChI=1S/C6H10.C6H9.C5H5.Zr/c1-2-4-6-5-3-1;1-3-5-6-4-2;1-2-4-5-3-1;/h1-2H,3-6H2;3,5-6H,1-2H3;1-3H,4H2;. The molecule has 0 aromatic heterocycles. The Hall–Kier alpha value is -0.157. The first-order valence-electron chi connectivity index (χ1n) is 7.48. The van der Waals surface area contributed by atoms with Gasteiger partial charge in [0.15, 0.2) is 0 Å². The van der Waals surface area contributed by atoms with Crippen LogP contribution >= 0.6 is 0 Å². The fourth-order valence-electron chi connectivity index (χ4n) is 4.57. The van der Waals surface area contributed by atoms with Crippen molar-refractivity contribution in [3.05, 3.63) is 43.0 Å². The van der Waals surface area contributed by atoms with Gasteiger partial charge in [-0.3, -0.25) is 0 Å². The molecule has 96 valence electrons. The van der Waals surface area contributed by atoms with Crippen molar-refractivity contribution in [1.82, 2.24) is 0 Å². The summed E-state index contributed by atoms with van der Waals surface area (Å²) in [7, 11) is 0. The Kier molecular flexibility index (Phi) is 3.63. The molecule has 1 saturated carbocycles. The van der Waals surface area contributed by atoms with Crippen molar-refractivity contribution in [1.29, 1.82) is 0 Å². The van der Waals surface area contributed by atoms with Crippen LogP contribution in [-0.4, -0.2) is 0 Å². The molecule has 3 aliphatic rings. The fraction of sp³-hybridized carbons (Fsp3) is 0.529. The quantitative estimate of drug-likeness (QED) is 0.591. The van der Waals surface area contributed by atoms with E-state index in [1.165, 1.54) is 19.3 Å². The number of fused-ring (bicyclic) bond motifs is 1. The van der Waals surface area contributed by atoms with Crippen LogP contribution in [-0.2, 0) is 20.3 Å². The Labute approximate surface area is 116 Å². The Bertz CT molecular complexity index is 438. The predicted molar refractivity (Wildman–Crippen MR) is 76.4 cm³/mol. The van der Waals surface area contributed by atoms with Crippen LogP contribution < -0.4 is 0 Å².